The van der Waals surface area contributed by atoms with Crippen LogP contribution in [0.1, 0.15) is 0 Å². The number of halogens is 1. The third-order valence-electron chi connectivity index (χ3n) is 4.37. The van der Waals surface area contributed by atoms with Gasteiger partial charge in [0.15, 0.2) is 0 Å². The van der Waals surface area contributed by atoms with E-state index in [2.05, 4.69) is 30.5 Å². The lowest BCUT2D eigenvalue weighted by Crippen LogP contribution is -2.17. The van der Waals surface area contributed by atoms with Gasteiger partial charge >= 0.3 is 0 Å². The number of nitrogens with one attached hydrogen (secondary N) is 2. The molecule has 0 unspecified atom stereocenters. The van der Waals surface area contributed by atoms with Crippen molar-refractivity contribution in [3.63, 3.8) is 0 Å². The molecule has 0 saturated carbocycles. The number of anilines is 2. The molecule has 0 aliphatic rings. The van der Waals surface area contributed by atoms with Crippen molar-refractivity contribution in [3.8, 4) is 16.3 Å². The van der Waals surface area contributed by atoms with Gasteiger partial charge in [-0.2, -0.15) is 0 Å². The van der Waals surface area contributed by atoms with Crippen molar-refractivity contribution in [2.24, 2.45) is 0 Å². The van der Waals surface area contributed by atoms with Crippen LogP contribution in [0.25, 0.3) is 10.6 Å². The highest BCUT2D eigenvalue weighted by Gasteiger charge is 2.24. The lowest BCUT2D eigenvalue weighted by Gasteiger charge is -2.15. The molecule has 0 atom stereocenters. The first kappa shape index (κ1) is 23.3. The highest BCUT2D eigenvalue weighted by atomic mass is 79.9. The van der Waals surface area contributed by atoms with Gasteiger partial charge in [0.05, 0.1) is 23.4 Å². The number of thiophene rings is 1. The number of aromatic nitrogens is 1. The summed E-state index contributed by atoms with van der Waals surface area (Å²) in [5.74, 6) is 0.141. The fourth-order valence-corrected chi connectivity index (χ4v) is 6.99. The zero-order valence-electron chi connectivity index (χ0n) is 16.9. The molecule has 2 aromatic carbocycles. The molecule has 172 valence electrons. The SMILES string of the molecule is COc1ccc(Br)cc1S(=O)(=O)Nc1ccccc1NS(=O)(=O)c1ccc(-c2ccon2)s1. The van der Waals surface area contributed by atoms with E-state index in [-0.39, 0.29) is 26.2 Å². The maximum absolute atomic E-state index is 13.1. The third kappa shape index (κ3) is 5.05. The van der Waals surface area contributed by atoms with Crippen LogP contribution in [0.15, 0.2) is 85.0 Å². The first-order valence-corrected chi connectivity index (χ1v) is 13.8. The quantitative estimate of drug-likeness (QED) is 0.312. The summed E-state index contributed by atoms with van der Waals surface area (Å²) in [6, 6.07) is 15.3. The second-order valence-corrected chi connectivity index (χ2v) is 12.1. The molecule has 2 aromatic heterocycles. The number of sulfonamides is 2. The first-order chi connectivity index (χ1) is 15.7. The maximum Gasteiger partial charge on any atom is 0.271 e. The van der Waals surface area contributed by atoms with E-state index in [4.69, 9.17) is 9.26 Å². The van der Waals surface area contributed by atoms with E-state index in [1.807, 2.05) is 0 Å². The number of para-hydroxylation sites is 2. The largest absolute Gasteiger partial charge is 0.495 e. The molecule has 0 fully saturated rings. The maximum atomic E-state index is 13.1. The van der Waals surface area contributed by atoms with E-state index in [0.717, 1.165) is 11.3 Å². The first-order valence-electron chi connectivity index (χ1n) is 9.18. The molecule has 0 bridgehead atoms. The molecule has 9 nitrogen and oxygen atoms in total. The molecule has 0 aliphatic heterocycles. The van der Waals surface area contributed by atoms with E-state index in [0.29, 0.717) is 15.0 Å². The normalized spacial score (nSPS) is 11.8. The molecule has 0 radical (unpaired) electrons. The average Bonchev–Trinajstić information content (AvgIpc) is 3.47. The second kappa shape index (κ2) is 9.17. The molecule has 2 heterocycles. The Balaban J connectivity index is 1.64. The van der Waals surface area contributed by atoms with E-state index in [9.17, 15) is 16.8 Å². The van der Waals surface area contributed by atoms with Crippen molar-refractivity contribution >= 4 is 58.7 Å². The number of hydrogen-bond donors (Lipinski definition) is 2. The Kier molecular flexibility index (Phi) is 6.47. The summed E-state index contributed by atoms with van der Waals surface area (Å²) in [7, 11) is -6.75. The summed E-state index contributed by atoms with van der Waals surface area (Å²) in [4.78, 5) is 0.507. The lowest BCUT2D eigenvalue weighted by molar-refractivity contribution is 0.403. The fraction of sp³-hybridized carbons (Fsp3) is 0.0500. The van der Waals surface area contributed by atoms with Crippen LogP contribution in [0.4, 0.5) is 11.4 Å². The highest BCUT2D eigenvalue weighted by Crippen LogP contribution is 2.34. The summed E-state index contributed by atoms with van der Waals surface area (Å²) >= 11 is 4.26. The standard InChI is InChI=1S/C20H16BrN3O6S3/c1-29-17-7-6-13(21)12-19(17)32(25,26)23-14-4-2-3-5-15(14)24-33(27,28)20-9-8-18(31-20)16-10-11-30-22-16/h2-12,23-24H,1H3. The van der Waals surface area contributed by atoms with Crippen LogP contribution in [0, 0.1) is 0 Å². The molecule has 33 heavy (non-hydrogen) atoms. The Hall–Kier alpha value is -2.87. The summed E-state index contributed by atoms with van der Waals surface area (Å²) in [6.45, 7) is 0. The van der Waals surface area contributed by atoms with E-state index in [1.165, 1.54) is 43.7 Å². The molecule has 0 spiro atoms. The summed E-state index contributed by atoms with van der Waals surface area (Å²) < 4.78 is 67.5. The van der Waals surface area contributed by atoms with Crippen molar-refractivity contribution < 1.29 is 26.1 Å². The molecule has 2 N–H and O–H groups in total. The third-order valence-corrected chi connectivity index (χ3v) is 9.21. The van der Waals surface area contributed by atoms with E-state index in [1.54, 1.807) is 30.3 Å². The Labute approximate surface area is 202 Å². The number of ether oxygens (including phenoxy) is 1. The van der Waals surface area contributed by atoms with Crippen LogP contribution in [0.2, 0.25) is 0 Å². The average molecular weight is 570 g/mol. The molecule has 0 saturated heterocycles. The predicted octanol–water partition coefficient (Wildman–Crippen LogP) is 4.78. The summed E-state index contributed by atoms with van der Waals surface area (Å²) in [6.07, 6.45) is 1.39. The zero-order valence-corrected chi connectivity index (χ0v) is 20.9. The van der Waals surface area contributed by atoms with Gasteiger partial charge in [-0.3, -0.25) is 9.44 Å². The molecule has 0 amide bonds. The molecule has 13 heteroatoms. The number of methoxy groups -OCH3 is 1. The van der Waals surface area contributed by atoms with Gasteiger partial charge in [-0.15, -0.1) is 11.3 Å². The van der Waals surface area contributed by atoms with Crippen LogP contribution in [0.3, 0.4) is 0 Å². The van der Waals surface area contributed by atoms with Crippen LogP contribution in [0.5, 0.6) is 5.75 Å². The van der Waals surface area contributed by atoms with Gasteiger partial charge in [0.2, 0.25) is 0 Å². The summed E-state index contributed by atoms with van der Waals surface area (Å²) in [5, 5.41) is 3.80. The fourth-order valence-electron chi connectivity index (χ4n) is 2.86. The number of hydrogen-bond acceptors (Lipinski definition) is 8. The number of rotatable bonds is 8. The Morgan fingerprint density at radius 2 is 1.64 bits per heavy atom. The van der Waals surface area contributed by atoms with Gasteiger partial charge in [0, 0.05) is 10.5 Å². The molecule has 0 aliphatic carbocycles. The summed E-state index contributed by atoms with van der Waals surface area (Å²) in [5.41, 5.74) is 0.625. The topological polar surface area (TPSA) is 128 Å². The number of nitrogens with zero attached hydrogens (tertiary/aromatic N) is 1. The smallest absolute Gasteiger partial charge is 0.271 e. The van der Waals surface area contributed by atoms with Crippen LogP contribution in [-0.2, 0) is 20.0 Å². The van der Waals surface area contributed by atoms with Crippen molar-refractivity contribution in [1.82, 2.24) is 5.16 Å². The Morgan fingerprint density at radius 1 is 0.939 bits per heavy atom. The molecule has 4 rings (SSSR count). The van der Waals surface area contributed by atoms with Gasteiger partial charge in [0.25, 0.3) is 20.0 Å². The monoisotopic (exact) mass is 569 g/mol. The minimum Gasteiger partial charge on any atom is -0.495 e. The van der Waals surface area contributed by atoms with Crippen molar-refractivity contribution in [1.29, 1.82) is 0 Å². The predicted molar refractivity (Wildman–Crippen MR) is 129 cm³/mol. The molecular weight excluding hydrogens is 554 g/mol. The van der Waals surface area contributed by atoms with Crippen molar-refractivity contribution in [2.45, 2.75) is 9.10 Å². The van der Waals surface area contributed by atoms with Crippen molar-refractivity contribution in [3.05, 3.63) is 71.4 Å². The van der Waals surface area contributed by atoms with Gasteiger partial charge in [-0.25, -0.2) is 16.8 Å². The van der Waals surface area contributed by atoms with Crippen LogP contribution < -0.4 is 14.2 Å². The minimum atomic E-state index is -4.10. The highest BCUT2D eigenvalue weighted by molar-refractivity contribution is 9.10. The molecular formula is C20H16BrN3O6S3. The van der Waals surface area contributed by atoms with Gasteiger partial charge in [-0.05, 0) is 42.5 Å². The van der Waals surface area contributed by atoms with Crippen LogP contribution >= 0.6 is 27.3 Å². The molecule has 4 aromatic rings. The number of benzene rings is 2. The second-order valence-electron chi connectivity index (χ2n) is 6.56. The van der Waals surface area contributed by atoms with Crippen molar-refractivity contribution in [2.75, 3.05) is 16.6 Å². The van der Waals surface area contributed by atoms with Gasteiger partial charge in [-0.1, -0.05) is 33.2 Å². The van der Waals surface area contributed by atoms with Gasteiger partial charge in [0.1, 0.15) is 26.8 Å². The van der Waals surface area contributed by atoms with Gasteiger partial charge < -0.3 is 9.26 Å². The van der Waals surface area contributed by atoms with E-state index >= 15 is 0 Å². The zero-order chi connectivity index (χ0) is 23.6. The Bertz CT molecular complexity index is 1500. The van der Waals surface area contributed by atoms with Crippen LogP contribution in [-0.4, -0.2) is 29.1 Å². The lowest BCUT2D eigenvalue weighted by atomic mass is 10.3. The Morgan fingerprint density at radius 3 is 2.27 bits per heavy atom. The van der Waals surface area contributed by atoms with E-state index < -0.39 is 20.0 Å². The minimum absolute atomic E-state index is 0.0341.